The van der Waals surface area contributed by atoms with Gasteiger partial charge in [0.05, 0.1) is 10.6 Å². The molecule has 0 aromatic heterocycles. The van der Waals surface area contributed by atoms with Gasteiger partial charge in [-0.3, -0.25) is 9.10 Å². The number of carbonyl (C=O) groups excluding carboxylic acids is 1. The first-order valence-electron chi connectivity index (χ1n) is 10.4. The van der Waals surface area contributed by atoms with Gasteiger partial charge in [-0.1, -0.05) is 48.0 Å². The molecule has 0 aliphatic rings. The van der Waals surface area contributed by atoms with Crippen LogP contribution in [-0.4, -0.2) is 26.9 Å². The second kappa shape index (κ2) is 10.4. The average Bonchev–Trinajstić information content (AvgIpc) is 2.78. The summed E-state index contributed by atoms with van der Waals surface area (Å²) in [6.07, 6.45) is 1.53. The molecule has 0 saturated heterocycles. The van der Waals surface area contributed by atoms with Crippen molar-refractivity contribution in [1.82, 2.24) is 5.32 Å². The molecule has 32 heavy (non-hydrogen) atoms. The van der Waals surface area contributed by atoms with E-state index >= 15 is 0 Å². The Morgan fingerprint density at radius 2 is 1.59 bits per heavy atom. The number of nitrogens with one attached hydrogen (secondary N) is 1. The third-order valence-corrected chi connectivity index (χ3v) is 6.92. The van der Waals surface area contributed by atoms with Crippen molar-refractivity contribution < 1.29 is 17.6 Å². The predicted molar refractivity (Wildman–Crippen MR) is 124 cm³/mol. The van der Waals surface area contributed by atoms with Crippen LogP contribution in [0.5, 0.6) is 0 Å². The summed E-state index contributed by atoms with van der Waals surface area (Å²) in [4.78, 5) is 12.7. The third-order valence-electron chi connectivity index (χ3n) is 5.13. The minimum atomic E-state index is -4.06. The molecule has 1 atom stereocenters. The highest BCUT2D eigenvalue weighted by molar-refractivity contribution is 7.92. The Labute approximate surface area is 188 Å². The molecule has 3 aromatic carbocycles. The van der Waals surface area contributed by atoms with Crippen molar-refractivity contribution in [3.63, 3.8) is 0 Å². The molecule has 0 spiro atoms. The topological polar surface area (TPSA) is 66.5 Å². The lowest BCUT2D eigenvalue weighted by Crippen LogP contribution is -2.43. The van der Waals surface area contributed by atoms with Crippen LogP contribution >= 0.6 is 0 Å². The molecule has 168 valence electrons. The Kier molecular flexibility index (Phi) is 7.64. The van der Waals surface area contributed by atoms with Gasteiger partial charge >= 0.3 is 0 Å². The molecule has 0 radical (unpaired) electrons. The Morgan fingerprint density at radius 3 is 2.22 bits per heavy atom. The summed E-state index contributed by atoms with van der Waals surface area (Å²) in [6, 6.07) is 21.3. The SMILES string of the molecule is Cc1ccc(N(CC(=O)N[C@@H](C)CCc2ccccc2)S(=O)(=O)c2ccc(F)cc2)cc1. The maximum absolute atomic E-state index is 13.3. The second-order valence-corrected chi connectivity index (χ2v) is 9.66. The van der Waals surface area contributed by atoms with Gasteiger partial charge in [0.15, 0.2) is 0 Å². The van der Waals surface area contributed by atoms with E-state index in [4.69, 9.17) is 0 Å². The molecule has 0 fully saturated rings. The number of rotatable bonds is 9. The van der Waals surface area contributed by atoms with Crippen molar-refractivity contribution in [2.75, 3.05) is 10.8 Å². The van der Waals surface area contributed by atoms with Gasteiger partial charge in [0.25, 0.3) is 10.0 Å². The maximum atomic E-state index is 13.3. The first kappa shape index (κ1) is 23.5. The summed E-state index contributed by atoms with van der Waals surface area (Å²) in [5.74, 6) is -0.937. The van der Waals surface area contributed by atoms with E-state index < -0.39 is 21.7 Å². The quantitative estimate of drug-likeness (QED) is 0.519. The number of sulfonamides is 1. The van der Waals surface area contributed by atoms with Gasteiger partial charge in [0, 0.05) is 6.04 Å². The van der Waals surface area contributed by atoms with Crippen LogP contribution in [0.4, 0.5) is 10.1 Å². The summed E-state index contributed by atoms with van der Waals surface area (Å²) >= 11 is 0. The smallest absolute Gasteiger partial charge is 0.264 e. The first-order chi connectivity index (χ1) is 15.3. The van der Waals surface area contributed by atoms with E-state index in [-0.39, 0.29) is 17.5 Å². The number of nitrogens with zero attached hydrogens (tertiary/aromatic N) is 1. The van der Waals surface area contributed by atoms with Crippen molar-refractivity contribution in [3.05, 3.63) is 95.8 Å². The van der Waals surface area contributed by atoms with E-state index in [1.807, 2.05) is 44.2 Å². The number of aryl methyl sites for hydroxylation is 2. The van der Waals surface area contributed by atoms with E-state index in [1.165, 1.54) is 17.7 Å². The molecule has 1 N–H and O–H groups in total. The third kappa shape index (κ3) is 6.17. The second-order valence-electron chi connectivity index (χ2n) is 7.79. The molecule has 3 rings (SSSR count). The standard InChI is InChI=1S/C25H27FN2O3S/c1-19-8-14-23(15-9-19)28(32(30,31)24-16-12-22(26)13-17-24)18-25(29)27-20(2)10-11-21-6-4-3-5-7-21/h3-9,12-17,20H,10-11,18H2,1-2H3,(H,27,29)/t20-/m0/s1. The van der Waals surface area contributed by atoms with E-state index in [0.717, 1.165) is 34.8 Å². The monoisotopic (exact) mass is 454 g/mol. The lowest BCUT2D eigenvalue weighted by Gasteiger charge is -2.25. The number of halogens is 1. The van der Waals surface area contributed by atoms with E-state index in [9.17, 15) is 17.6 Å². The summed E-state index contributed by atoms with van der Waals surface area (Å²) in [5, 5.41) is 2.89. The van der Waals surface area contributed by atoms with Gasteiger partial charge in [-0.15, -0.1) is 0 Å². The number of hydrogen-bond acceptors (Lipinski definition) is 3. The van der Waals surface area contributed by atoms with E-state index in [2.05, 4.69) is 5.32 Å². The van der Waals surface area contributed by atoms with Crippen LogP contribution < -0.4 is 9.62 Å². The summed E-state index contributed by atoms with van der Waals surface area (Å²) < 4.78 is 40.9. The maximum Gasteiger partial charge on any atom is 0.264 e. The number of hydrogen-bond donors (Lipinski definition) is 1. The highest BCUT2D eigenvalue weighted by Gasteiger charge is 2.27. The summed E-state index contributed by atoms with van der Waals surface area (Å²) in [5.41, 5.74) is 2.51. The first-order valence-corrected chi connectivity index (χ1v) is 11.9. The van der Waals surface area contributed by atoms with Gasteiger partial charge in [-0.25, -0.2) is 12.8 Å². The van der Waals surface area contributed by atoms with Crippen LogP contribution in [0.25, 0.3) is 0 Å². The molecule has 0 aliphatic heterocycles. The average molecular weight is 455 g/mol. The zero-order chi connectivity index (χ0) is 23.1. The van der Waals surface area contributed by atoms with Crippen molar-refractivity contribution in [3.8, 4) is 0 Å². The Bertz CT molecular complexity index is 1130. The lowest BCUT2D eigenvalue weighted by molar-refractivity contribution is -0.120. The molecule has 3 aromatic rings. The molecule has 0 aliphatic carbocycles. The normalized spacial score (nSPS) is 12.2. The van der Waals surface area contributed by atoms with Crippen LogP contribution in [0.2, 0.25) is 0 Å². The van der Waals surface area contributed by atoms with Crippen molar-refractivity contribution >= 4 is 21.6 Å². The molecule has 1 amide bonds. The fourth-order valence-corrected chi connectivity index (χ4v) is 4.73. The molecule has 7 heteroatoms. The largest absolute Gasteiger partial charge is 0.352 e. The Balaban J connectivity index is 1.75. The van der Waals surface area contributed by atoms with E-state index in [0.29, 0.717) is 5.69 Å². The minimum absolute atomic E-state index is 0.0793. The van der Waals surface area contributed by atoms with Crippen molar-refractivity contribution in [2.45, 2.75) is 37.6 Å². The molecule has 0 heterocycles. The van der Waals surface area contributed by atoms with Crippen molar-refractivity contribution in [2.24, 2.45) is 0 Å². The van der Waals surface area contributed by atoms with Crippen LogP contribution in [0.15, 0.2) is 83.8 Å². The summed E-state index contributed by atoms with van der Waals surface area (Å²) in [7, 11) is -4.06. The molecular weight excluding hydrogens is 427 g/mol. The van der Waals surface area contributed by atoms with Crippen LogP contribution in [0, 0.1) is 12.7 Å². The van der Waals surface area contributed by atoms with Gasteiger partial charge < -0.3 is 5.32 Å². The molecule has 5 nitrogen and oxygen atoms in total. The van der Waals surface area contributed by atoms with Gasteiger partial charge in [0.2, 0.25) is 5.91 Å². The Morgan fingerprint density at radius 1 is 0.969 bits per heavy atom. The Hall–Kier alpha value is -3.19. The van der Waals surface area contributed by atoms with Crippen molar-refractivity contribution in [1.29, 1.82) is 0 Å². The number of carbonyl (C=O) groups is 1. The zero-order valence-electron chi connectivity index (χ0n) is 18.2. The van der Waals surface area contributed by atoms with E-state index in [1.54, 1.807) is 24.3 Å². The zero-order valence-corrected chi connectivity index (χ0v) is 19.0. The van der Waals surface area contributed by atoms with Crippen LogP contribution in [0.3, 0.4) is 0 Å². The lowest BCUT2D eigenvalue weighted by atomic mass is 10.1. The highest BCUT2D eigenvalue weighted by Crippen LogP contribution is 2.24. The molecular formula is C25H27FN2O3S. The fraction of sp³-hybridized carbons (Fsp3) is 0.240. The van der Waals surface area contributed by atoms with Crippen LogP contribution in [0.1, 0.15) is 24.5 Å². The van der Waals surface area contributed by atoms with Crippen LogP contribution in [-0.2, 0) is 21.2 Å². The molecule has 0 unspecified atom stereocenters. The molecule has 0 saturated carbocycles. The van der Waals surface area contributed by atoms with Gasteiger partial charge in [-0.2, -0.15) is 0 Å². The van der Waals surface area contributed by atoms with Gasteiger partial charge in [0.1, 0.15) is 12.4 Å². The highest BCUT2D eigenvalue weighted by atomic mass is 32.2. The number of benzene rings is 3. The number of amides is 1. The van der Waals surface area contributed by atoms with Gasteiger partial charge in [-0.05, 0) is 68.7 Å². The summed E-state index contributed by atoms with van der Waals surface area (Å²) in [6.45, 7) is 3.41. The molecule has 0 bridgehead atoms. The predicted octanol–water partition coefficient (Wildman–Crippen LogP) is 4.47. The number of anilines is 1. The fourth-order valence-electron chi connectivity index (χ4n) is 3.31. The minimum Gasteiger partial charge on any atom is -0.352 e.